The van der Waals surface area contributed by atoms with Crippen molar-refractivity contribution >= 4 is 37.8 Å². The summed E-state index contributed by atoms with van der Waals surface area (Å²) < 4.78 is 21.6. The lowest BCUT2D eigenvalue weighted by molar-refractivity contribution is 0.383. The molecule has 3 heterocycles. The van der Waals surface area contributed by atoms with E-state index in [4.69, 9.17) is 4.52 Å². The number of benzene rings is 1. The van der Waals surface area contributed by atoms with Crippen molar-refractivity contribution in [3.05, 3.63) is 70.2 Å². The molecule has 0 saturated heterocycles. The monoisotopic (exact) mass is 482 g/mol. The molecule has 0 saturated carbocycles. The summed E-state index contributed by atoms with van der Waals surface area (Å²) >= 11 is 0. The van der Waals surface area contributed by atoms with Gasteiger partial charge in [0, 0.05) is 45.8 Å². The van der Waals surface area contributed by atoms with Crippen molar-refractivity contribution < 1.29 is 8.73 Å². The normalized spacial score (nSPS) is 12.5. The van der Waals surface area contributed by atoms with Crippen LogP contribution in [0, 0.1) is 6.92 Å². The molecule has 0 spiro atoms. The zero-order chi connectivity index (χ0) is 24.7. The summed E-state index contributed by atoms with van der Waals surface area (Å²) in [6.07, 6.45) is 6.32. The first kappa shape index (κ1) is 25.1. The number of aromatic amines is 1. The van der Waals surface area contributed by atoms with Crippen LogP contribution in [0.1, 0.15) is 37.8 Å². The van der Waals surface area contributed by atoms with Crippen molar-refractivity contribution in [2.24, 2.45) is 4.36 Å². The fraction of sp³-hybridized carbons (Fsp3) is 0.333. The molecule has 10 heteroatoms. The molecule has 1 aromatic carbocycles. The third-order valence-electron chi connectivity index (χ3n) is 5.12. The van der Waals surface area contributed by atoms with E-state index in [1.807, 2.05) is 39.8 Å². The number of nitrogens with zero attached hydrogens (tertiary/aromatic N) is 4. The number of aromatic nitrogens is 4. The summed E-state index contributed by atoms with van der Waals surface area (Å²) in [6, 6.07) is 9.09. The summed E-state index contributed by atoms with van der Waals surface area (Å²) in [5, 5.41) is 7.63. The maximum Gasteiger partial charge on any atom is 0.271 e. The molecule has 180 valence electrons. The topological polar surface area (TPSA) is 126 Å². The zero-order valence-electron chi connectivity index (χ0n) is 20.1. The van der Waals surface area contributed by atoms with E-state index >= 15 is 0 Å². The standard InChI is InChI=1S/C18H21N5O2S.C6H9NO/c1-4-12-9-13(23-26(3,25)5-2)10-15-16(12)17(21-11-20-15)22-14-7-6-8-19-18(14)24;1-3-6-4-5(2)7-8-6/h6-11H,4-5H2,1-3H3,(H,19,24)(H,20,21,22);4H,3H2,1-2H3. The molecule has 4 aromatic rings. The van der Waals surface area contributed by atoms with Gasteiger partial charge in [-0.3, -0.25) is 4.79 Å². The largest absolute Gasteiger partial charge is 0.361 e. The highest BCUT2D eigenvalue weighted by Gasteiger charge is 2.12. The predicted molar refractivity (Wildman–Crippen MR) is 137 cm³/mol. The quantitative estimate of drug-likeness (QED) is 0.399. The Balaban J connectivity index is 0.000000343. The molecule has 0 aliphatic carbocycles. The summed E-state index contributed by atoms with van der Waals surface area (Å²) in [4.78, 5) is 23.2. The summed E-state index contributed by atoms with van der Waals surface area (Å²) in [6.45, 7) is 7.84. The van der Waals surface area contributed by atoms with Crippen molar-refractivity contribution in [2.45, 2.75) is 40.5 Å². The van der Waals surface area contributed by atoms with Crippen molar-refractivity contribution in [2.75, 3.05) is 17.3 Å². The van der Waals surface area contributed by atoms with Crippen LogP contribution in [0.15, 0.2) is 56.5 Å². The maximum absolute atomic E-state index is 12.4. The molecule has 34 heavy (non-hydrogen) atoms. The minimum Gasteiger partial charge on any atom is -0.361 e. The van der Waals surface area contributed by atoms with Crippen molar-refractivity contribution in [1.82, 2.24) is 20.1 Å². The van der Waals surface area contributed by atoms with Gasteiger partial charge in [0.05, 0.1) is 16.9 Å². The molecule has 0 aliphatic rings. The van der Waals surface area contributed by atoms with Gasteiger partial charge in [-0.15, -0.1) is 0 Å². The van der Waals surface area contributed by atoms with Crippen LogP contribution in [-0.4, -0.2) is 36.3 Å². The number of fused-ring (bicyclic) bond motifs is 1. The second-order valence-electron chi connectivity index (χ2n) is 7.74. The van der Waals surface area contributed by atoms with Crippen LogP contribution in [0.5, 0.6) is 0 Å². The van der Waals surface area contributed by atoms with Gasteiger partial charge in [-0.1, -0.05) is 25.9 Å². The van der Waals surface area contributed by atoms with E-state index in [0.717, 1.165) is 35.2 Å². The molecule has 9 nitrogen and oxygen atoms in total. The van der Waals surface area contributed by atoms with Crippen molar-refractivity contribution in [3.63, 3.8) is 0 Å². The summed E-state index contributed by atoms with van der Waals surface area (Å²) in [7, 11) is -2.26. The third-order valence-corrected chi connectivity index (χ3v) is 6.78. The van der Waals surface area contributed by atoms with Gasteiger partial charge in [0.15, 0.2) is 0 Å². The van der Waals surface area contributed by atoms with Crippen molar-refractivity contribution in [3.8, 4) is 0 Å². The highest BCUT2D eigenvalue weighted by Crippen LogP contribution is 2.30. The van der Waals surface area contributed by atoms with E-state index < -0.39 is 9.73 Å². The summed E-state index contributed by atoms with van der Waals surface area (Å²) in [5.74, 6) is 2.00. The van der Waals surface area contributed by atoms with E-state index in [0.29, 0.717) is 28.5 Å². The van der Waals surface area contributed by atoms with Gasteiger partial charge in [-0.2, -0.15) is 4.36 Å². The molecule has 3 aromatic heterocycles. The molecule has 1 atom stereocenters. The third kappa shape index (κ3) is 6.28. The summed E-state index contributed by atoms with van der Waals surface area (Å²) in [5.41, 5.74) is 3.46. The molecule has 0 fully saturated rings. The molecule has 1 unspecified atom stereocenters. The highest BCUT2D eigenvalue weighted by molar-refractivity contribution is 7.93. The number of hydrogen-bond donors (Lipinski definition) is 2. The lowest BCUT2D eigenvalue weighted by atomic mass is 10.1. The van der Waals surface area contributed by atoms with Gasteiger partial charge >= 0.3 is 0 Å². The molecular formula is C24H30N6O3S. The Hall–Kier alpha value is -3.53. The van der Waals surface area contributed by atoms with Crippen LogP contribution < -0.4 is 10.9 Å². The lowest BCUT2D eigenvalue weighted by Crippen LogP contribution is -2.11. The molecule has 0 radical (unpaired) electrons. The molecule has 0 aliphatic heterocycles. The van der Waals surface area contributed by atoms with Crippen LogP contribution in [0.3, 0.4) is 0 Å². The van der Waals surface area contributed by atoms with E-state index in [9.17, 15) is 9.00 Å². The Morgan fingerprint density at radius 3 is 2.53 bits per heavy atom. The molecular weight excluding hydrogens is 452 g/mol. The Kier molecular flexibility index (Phi) is 8.17. The number of rotatable bonds is 6. The highest BCUT2D eigenvalue weighted by atomic mass is 32.2. The molecule has 0 bridgehead atoms. The number of pyridine rings is 1. The van der Waals surface area contributed by atoms with Gasteiger partial charge < -0.3 is 14.8 Å². The van der Waals surface area contributed by atoms with E-state index in [1.165, 1.54) is 6.33 Å². The zero-order valence-corrected chi connectivity index (χ0v) is 20.9. The average Bonchev–Trinajstić information content (AvgIpc) is 3.25. The Labute approximate surface area is 199 Å². The SMILES string of the molecule is CCc1cc(C)no1.CCc1cc(N=S(C)(=O)CC)cc2ncnc(Nc3ccc[nH]c3=O)c12. The number of nitrogens with one attached hydrogen (secondary N) is 2. The number of H-pyrrole nitrogens is 1. The fourth-order valence-corrected chi connectivity index (χ4v) is 3.88. The van der Waals surface area contributed by atoms with Crippen LogP contribution in [0.4, 0.5) is 17.2 Å². The first-order chi connectivity index (χ1) is 16.3. The van der Waals surface area contributed by atoms with Gasteiger partial charge in [0.1, 0.15) is 23.6 Å². The second-order valence-corrected chi connectivity index (χ2v) is 10.4. The number of hydrogen-bond acceptors (Lipinski definition) is 8. The van der Waals surface area contributed by atoms with Gasteiger partial charge in [-0.05, 0) is 43.2 Å². The molecule has 4 rings (SSSR count). The van der Waals surface area contributed by atoms with Crippen LogP contribution in [0.25, 0.3) is 10.9 Å². The Morgan fingerprint density at radius 1 is 1.15 bits per heavy atom. The average molecular weight is 483 g/mol. The van der Waals surface area contributed by atoms with E-state index in [1.54, 1.807) is 30.7 Å². The van der Waals surface area contributed by atoms with Crippen LogP contribution in [0.2, 0.25) is 0 Å². The smallest absolute Gasteiger partial charge is 0.271 e. The van der Waals surface area contributed by atoms with Gasteiger partial charge in [-0.25, -0.2) is 14.2 Å². The van der Waals surface area contributed by atoms with Crippen molar-refractivity contribution in [1.29, 1.82) is 0 Å². The Morgan fingerprint density at radius 2 is 1.94 bits per heavy atom. The fourth-order valence-electron chi connectivity index (χ4n) is 3.20. The molecule has 0 amide bonds. The first-order valence-electron chi connectivity index (χ1n) is 11.1. The lowest BCUT2D eigenvalue weighted by Gasteiger charge is -2.12. The number of aryl methyl sites for hydroxylation is 3. The Bertz CT molecular complexity index is 1450. The number of anilines is 2. The second kappa shape index (κ2) is 11.1. The maximum atomic E-state index is 12.4. The van der Waals surface area contributed by atoms with Crippen LogP contribution in [-0.2, 0) is 22.6 Å². The van der Waals surface area contributed by atoms with Gasteiger partial charge in [0.25, 0.3) is 5.56 Å². The minimum atomic E-state index is -2.26. The van der Waals surface area contributed by atoms with Crippen LogP contribution >= 0.6 is 0 Å². The van der Waals surface area contributed by atoms with Gasteiger partial charge in [0.2, 0.25) is 0 Å². The predicted octanol–water partition coefficient (Wildman–Crippen LogP) is 4.92. The first-order valence-corrected chi connectivity index (χ1v) is 13.2. The van der Waals surface area contributed by atoms with E-state index in [-0.39, 0.29) is 5.56 Å². The molecule has 2 N–H and O–H groups in total. The minimum absolute atomic E-state index is 0.224. The van der Waals surface area contributed by atoms with E-state index in [2.05, 4.69) is 29.8 Å².